The van der Waals surface area contributed by atoms with Gasteiger partial charge in [-0.2, -0.15) is 0 Å². The number of amides is 1. The number of carbonyl (C=O) groups excluding carboxylic acids is 1. The molecule has 0 unspecified atom stereocenters. The topological polar surface area (TPSA) is 59.0 Å². The summed E-state index contributed by atoms with van der Waals surface area (Å²) in [4.78, 5) is 13.2. The number of ether oxygens (including phenoxy) is 2. The molecule has 0 aromatic heterocycles. The molecule has 0 radical (unpaired) electrons. The van der Waals surface area contributed by atoms with E-state index in [9.17, 15) is 13.6 Å². The average Bonchev–Trinajstić information content (AvgIpc) is 2.45. The summed E-state index contributed by atoms with van der Waals surface area (Å²) in [6.45, 7) is -0.601. The van der Waals surface area contributed by atoms with E-state index in [1.54, 1.807) is 12.1 Å². The third-order valence-corrected chi connectivity index (χ3v) is 2.81. The standard InChI is InChI=1S/C13H15F2NO4/c14-11(15)8-16(4-5-17)13(18)9-2-1-3-10-12(9)20-7-6-19-10/h1-3,11,17H,4-8H2. The molecule has 0 saturated heterocycles. The molecule has 20 heavy (non-hydrogen) atoms. The molecule has 1 aromatic rings. The lowest BCUT2D eigenvalue weighted by molar-refractivity contribution is 0.0502. The van der Waals surface area contributed by atoms with Gasteiger partial charge < -0.3 is 19.5 Å². The van der Waals surface area contributed by atoms with Crippen LogP contribution in [-0.4, -0.2) is 55.2 Å². The minimum Gasteiger partial charge on any atom is -0.486 e. The van der Waals surface area contributed by atoms with Crippen molar-refractivity contribution in [2.75, 3.05) is 32.9 Å². The lowest BCUT2D eigenvalue weighted by Crippen LogP contribution is -2.37. The van der Waals surface area contributed by atoms with E-state index in [2.05, 4.69) is 0 Å². The molecule has 1 aliphatic rings. The van der Waals surface area contributed by atoms with Crippen LogP contribution in [0, 0.1) is 0 Å². The minimum absolute atomic E-state index is 0.159. The first-order valence-corrected chi connectivity index (χ1v) is 6.20. The highest BCUT2D eigenvalue weighted by atomic mass is 19.3. The van der Waals surface area contributed by atoms with Crippen LogP contribution in [0.4, 0.5) is 8.78 Å². The maximum atomic E-state index is 12.5. The summed E-state index contributed by atoms with van der Waals surface area (Å²) < 4.78 is 35.7. The van der Waals surface area contributed by atoms with E-state index in [1.165, 1.54) is 6.07 Å². The van der Waals surface area contributed by atoms with E-state index in [0.29, 0.717) is 19.0 Å². The van der Waals surface area contributed by atoms with Gasteiger partial charge in [0, 0.05) is 6.54 Å². The van der Waals surface area contributed by atoms with E-state index < -0.39 is 18.9 Å². The van der Waals surface area contributed by atoms with Gasteiger partial charge in [-0.05, 0) is 12.1 Å². The predicted molar refractivity (Wildman–Crippen MR) is 66.4 cm³/mol. The van der Waals surface area contributed by atoms with Crippen molar-refractivity contribution >= 4 is 5.91 Å². The fraction of sp³-hybridized carbons (Fsp3) is 0.462. The molecule has 1 aromatic carbocycles. The molecule has 2 rings (SSSR count). The van der Waals surface area contributed by atoms with Crippen LogP contribution < -0.4 is 9.47 Å². The maximum absolute atomic E-state index is 12.5. The summed E-state index contributed by atoms with van der Waals surface area (Å²) in [5, 5.41) is 8.89. The van der Waals surface area contributed by atoms with Crippen molar-refractivity contribution in [2.45, 2.75) is 6.43 Å². The van der Waals surface area contributed by atoms with Crippen LogP contribution in [0.5, 0.6) is 11.5 Å². The first kappa shape index (κ1) is 14.5. The van der Waals surface area contributed by atoms with Gasteiger partial charge in [-0.1, -0.05) is 6.07 Å². The Kier molecular flexibility index (Phi) is 4.73. The van der Waals surface area contributed by atoms with Crippen molar-refractivity contribution < 1.29 is 28.2 Å². The number of hydrogen-bond donors (Lipinski definition) is 1. The Balaban J connectivity index is 2.26. The van der Waals surface area contributed by atoms with Crippen LogP contribution in [0.3, 0.4) is 0 Å². The quantitative estimate of drug-likeness (QED) is 0.883. The summed E-state index contributed by atoms with van der Waals surface area (Å²) >= 11 is 0. The molecular weight excluding hydrogens is 272 g/mol. The Bertz CT molecular complexity index is 481. The largest absolute Gasteiger partial charge is 0.486 e. The summed E-state index contributed by atoms with van der Waals surface area (Å²) in [7, 11) is 0. The number of rotatable bonds is 5. The Hall–Kier alpha value is -1.89. The monoisotopic (exact) mass is 287 g/mol. The molecule has 0 spiro atoms. The molecule has 5 nitrogen and oxygen atoms in total. The Morgan fingerprint density at radius 1 is 1.35 bits per heavy atom. The number of carbonyl (C=O) groups is 1. The maximum Gasteiger partial charge on any atom is 0.258 e. The number of para-hydroxylation sites is 1. The molecule has 0 atom stereocenters. The zero-order valence-electron chi connectivity index (χ0n) is 10.7. The zero-order chi connectivity index (χ0) is 14.5. The van der Waals surface area contributed by atoms with Gasteiger partial charge in [0.25, 0.3) is 12.3 Å². The van der Waals surface area contributed by atoms with E-state index in [1.807, 2.05) is 0 Å². The van der Waals surface area contributed by atoms with Crippen LogP contribution in [0.1, 0.15) is 10.4 Å². The minimum atomic E-state index is -2.66. The molecule has 1 amide bonds. The van der Waals surface area contributed by atoms with Crippen LogP contribution in [0.15, 0.2) is 18.2 Å². The molecule has 1 N–H and O–H groups in total. The van der Waals surface area contributed by atoms with E-state index >= 15 is 0 Å². The lowest BCUT2D eigenvalue weighted by atomic mass is 10.1. The summed E-state index contributed by atoms with van der Waals surface area (Å²) in [5.74, 6) is 0.0748. The van der Waals surface area contributed by atoms with Gasteiger partial charge in [-0.15, -0.1) is 0 Å². The molecule has 0 aliphatic carbocycles. The second-order valence-corrected chi connectivity index (χ2v) is 4.20. The lowest BCUT2D eigenvalue weighted by Gasteiger charge is -2.25. The number of aliphatic hydroxyl groups excluding tert-OH is 1. The molecule has 7 heteroatoms. The SMILES string of the molecule is O=C(c1cccc2c1OCCO2)N(CCO)CC(F)F. The Labute approximate surface area is 114 Å². The fourth-order valence-corrected chi connectivity index (χ4v) is 1.98. The van der Waals surface area contributed by atoms with Crippen molar-refractivity contribution in [3.8, 4) is 11.5 Å². The number of fused-ring (bicyclic) bond motifs is 1. The van der Waals surface area contributed by atoms with E-state index in [4.69, 9.17) is 14.6 Å². The van der Waals surface area contributed by atoms with Gasteiger partial charge in [-0.25, -0.2) is 8.78 Å². The third kappa shape index (κ3) is 3.16. The van der Waals surface area contributed by atoms with Crippen molar-refractivity contribution in [1.82, 2.24) is 4.90 Å². The number of nitrogens with zero attached hydrogens (tertiary/aromatic N) is 1. The molecule has 0 fully saturated rings. The molecule has 0 bridgehead atoms. The number of alkyl halides is 2. The van der Waals surface area contributed by atoms with Crippen molar-refractivity contribution in [2.24, 2.45) is 0 Å². The van der Waals surface area contributed by atoms with Crippen molar-refractivity contribution in [3.63, 3.8) is 0 Å². The smallest absolute Gasteiger partial charge is 0.258 e. The van der Waals surface area contributed by atoms with Gasteiger partial charge in [0.15, 0.2) is 11.5 Å². The molecule has 0 saturated carbocycles. The van der Waals surface area contributed by atoms with Gasteiger partial charge in [-0.3, -0.25) is 4.79 Å². The van der Waals surface area contributed by atoms with Crippen LogP contribution in [0.2, 0.25) is 0 Å². The van der Waals surface area contributed by atoms with Gasteiger partial charge >= 0.3 is 0 Å². The number of hydrogen-bond acceptors (Lipinski definition) is 4. The van der Waals surface area contributed by atoms with E-state index in [-0.39, 0.29) is 24.5 Å². The zero-order valence-corrected chi connectivity index (χ0v) is 10.7. The average molecular weight is 287 g/mol. The summed E-state index contributed by atoms with van der Waals surface area (Å²) in [6, 6.07) is 4.74. The second kappa shape index (κ2) is 6.51. The highest BCUT2D eigenvalue weighted by Crippen LogP contribution is 2.34. The number of halogens is 2. The molecular formula is C13H15F2NO4. The third-order valence-electron chi connectivity index (χ3n) is 2.81. The van der Waals surface area contributed by atoms with E-state index in [0.717, 1.165) is 4.90 Å². The van der Waals surface area contributed by atoms with Crippen LogP contribution in [0.25, 0.3) is 0 Å². The molecule has 1 heterocycles. The number of aliphatic hydroxyl groups is 1. The van der Waals surface area contributed by atoms with Crippen LogP contribution in [-0.2, 0) is 0 Å². The van der Waals surface area contributed by atoms with Gasteiger partial charge in [0.1, 0.15) is 13.2 Å². The first-order valence-electron chi connectivity index (χ1n) is 6.20. The molecule has 1 aliphatic heterocycles. The normalized spacial score (nSPS) is 13.4. The number of benzene rings is 1. The Morgan fingerprint density at radius 3 is 2.80 bits per heavy atom. The molecule has 110 valence electrons. The fourth-order valence-electron chi connectivity index (χ4n) is 1.98. The summed E-state index contributed by atoms with van der Waals surface area (Å²) in [6.07, 6.45) is -2.66. The van der Waals surface area contributed by atoms with Gasteiger partial charge in [0.05, 0.1) is 18.7 Å². The highest BCUT2D eigenvalue weighted by Gasteiger charge is 2.25. The highest BCUT2D eigenvalue weighted by molar-refractivity contribution is 5.98. The van der Waals surface area contributed by atoms with Crippen LogP contribution >= 0.6 is 0 Å². The first-order chi connectivity index (χ1) is 9.63. The second-order valence-electron chi connectivity index (χ2n) is 4.20. The van der Waals surface area contributed by atoms with Crippen molar-refractivity contribution in [3.05, 3.63) is 23.8 Å². The Morgan fingerprint density at radius 2 is 2.10 bits per heavy atom. The summed E-state index contributed by atoms with van der Waals surface area (Å²) in [5.41, 5.74) is 0.163. The van der Waals surface area contributed by atoms with Crippen molar-refractivity contribution in [1.29, 1.82) is 0 Å². The van der Waals surface area contributed by atoms with Gasteiger partial charge in [0.2, 0.25) is 0 Å². The predicted octanol–water partition coefficient (Wildman–Crippen LogP) is 1.16.